The lowest BCUT2D eigenvalue weighted by atomic mass is 9.54. The molecule has 0 saturated heterocycles. The summed E-state index contributed by atoms with van der Waals surface area (Å²) in [4.78, 5) is 0. The van der Waals surface area contributed by atoms with Gasteiger partial charge in [0, 0.05) is 16.4 Å². The molecule has 1 aliphatic carbocycles. The molecule has 1 fully saturated rings. The third-order valence-electron chi connectivity index (χ3n) is 5.55. The van der Waals surface area contributed by atoms with Crippen LogP contribution in [-0.2, 0) is 6.42 Å². The van der Waals surface area contributed by atoms with Gasteiger partial charge in [0.2, 0.25) is 0 Å². The molecule has 1 aromatic carbocycles. The van der Waals surface area contributed by atoms with Gasteiger partial charge in [0.15, 0.2) is 0 Å². The predicted octanol–water partition coefficient (Wildman–Crippen LogP) is 3.90. The molecule has 2 heteroatoms. The SMILES string of the molecule is CC1(C)CCCC(C)(C)C1(O)C#Cc1cccc(CCCN)c1. The van der Waals surface area contributed by atoms with Gasteiger partial charge in [-0.3, -0.25) is 0 Å². The van der Waals surface area contributed by atoms with Crippen molar-refractivity contribution in [3.63, 3.8) is 0 Å². The van der Waals surface area contributed by atoms with Crippen LogP contribution in [0.3, 0.4) is 0 Å². The van der Waals surface area contributed by atoms with Crippen molar-refractivity contribution < 1.29 is 5.11 Å². The van der Waals surface area contributed by atoms with Crippen LogP contribution in [0.4, 0.5) is 0 Å². The zero-order chi connectivity index (χ0) is 17.1. The van der Waals surface area contributed by atoms with Crippen LogP contribution in [0.15, 0.2) is 24.3 Å². The first-order chi connectivity index (χ1) is 10.7. The largest absolute Gasteiger partial charge is 0.376 e. The van der Waals surface area contributed by atoms with E-state index in [1.807, 2.05) is 12.1 Å². The second-order valence-corrected chi connectivity index (χ2v) is 8.17. The van der Waals surface area contributed by atoms with Crippen molar-refractivity contribution >= 4 is 0 Å². The number of hydrogen-bond donors (Lipinski definition) is 2. The van der Waals surface area contributed by atoms with Crippen LogP contribution in [-0.4, -0.2) is 17.3 Å². The van der Waals surface area contributed by atoms with E-state index in [0.29, 0.717) is 6.54 Å². The lowest BCUT2D eigenvalue weighted by Gasteiger charge is -2.53. The second kappa shape index (κ2) is 6.67. The van der Waals surface area contributed by atoms with Crippen LogP contribution in [0.2, 0.25) is 0 Å². The van der Waals surface area contributed by atoms with Gasteiger partial charge in [0.1, 0.15) is 5.60 Å². The molecule has 1 saturated carbocycles. The Morgan fingerprint density at radius 2 is 1.78 bits per heavy atom. The van der Waals surface area contributed by atoms with E-state index < -0.39 is 5.60 Å². The van der Waals surface area contributed by atoms with Gasteiger partial charge < -0.3 is 10.8 Å². The van der Waals surface area contributed by atoms with Crippen LogP contribution in [0.5, 0.6) is 0 Å². The highest BCUT2D eigenvalue weighted by Crippen LogP contribution is 2.53. The molecule has 23 heavy (non-hydrogen) atoms. The summed E-state index contributed by atoms with van der Waals surface area (Å²) in [6.45, 7) is 9.26. The van der Waals surface area contributed by atoms with Crippen LogP contribution in [0.25, 0.3) is 0 Å². The molecule has 0 amide bonds. The molecule has 0 atom stereocenters. The van der Waals surface area contributed by atoms with E-state index in [9.17, 15) is 5.11 Å². The molecule has 0 bridgehead atoms. The number of hydrogen-bond acceptors (Lipinski definition) is 2. The number of benzene rings is 1. The minimum absolute atomic E-state index is 0.196. The van der Waals surface area contributed by atoms with E-state index in [4.69, 9.17) is 5.73 Å². The van der Waals surface area contributed by atoms with Gasteiger partial charge in [0.05, 0.1) is 0 Å². The van der Waals surface area contributed by atoms with Crippen molar-refractivity contribution in [1.82, 2.24) is 0 Å². The molecular weight excluding hydrogens is 282 g/mol. The molecule has 0 spiro atoms. The summed E-state index contributed by atoms with van der Waals surface area (Å²) in [5.74, 6) is 6.51. The lowest BCUT2D eigenvalue weighted by Crippen LogP contribution is -2.57. The maximum absolute atomic E-state index is 11.4. The highest BCUT2D eigenvalue weighted by Gasteiger charge is 2.55. The summed E-state index contributed by atoms with van der Waals surface area (Å²) in [5, 5.41) is 11.4. The van der Waals surface area contributed by atoms with E-state index in [2.05, 4.69) is 51.7 Å². The fourth-order valence-electron chi connectivity index (χ4n) is 3.86. The van der Waals surface area contributed by atoms with Crippen molar-refractivity contribution in [3.05, 3.63) is 35.4 Å². The van der Waals surface area contributed by atoms with E-state index in [0.717, 1.165) is 37.7 Å². The number of rotatable bonds is 3. The quantitative estimate of drug-likeness (QED) is 0.831. The number of nitrogens with two attached hydrogens (primary N) is 1. The maximum Gasteiger partial charge on any atom is 0.135 e. The van der Waals surface area contributed by atoms with Gasteiger partial charge in [-0.1, -0.05) is 58.1 Å². The molecule has 0 heterocycles. The molecule has 2 nitrogen and oxygen atoms in total. The van der Waals surface area contributed by atoms with Crippen molar-refractivity contribution in [2.75, 3.05) is 6.54 Å². The van der Waals surface area contributed by atoms with Crippen LogP contribution >= 0.6 is 0 Å². The van der Waals surface area contributed by atoms with Crippen LogP contribution < -0.4 is 5.73 Å². The molecule has 1 aromatic rings. The third-order valence-corrected chi connectivity index (χ3v) is 5.55. The lowest BCUT2D eigenvalue weighted by molar-refractivity contribution is -0.133. The minimum atomic E-state index is -0.967. The Labute approximate surface area is 141 Å². The Balaban J connectivity index is 2.32. The maximum atomic E-state index is 11.4. The Bertz CT molecular complexity index is 588. The van der Waals surface area contributed by atoms with Gasteiger partial charge in [-0.2, -0.15) is 0 Å². The molecule has 0 aliphatic heterocycles. The fourth-order valence-corrected chi connectivity index (χ4v) is 3.86. The summed E-state index contributed by atoms with van der Waals surface area (Å²) in [6.07, 6.45) is 5.14. The first-order valence-corrected chi connectivity index (χ1v) is 8.76. The summed E-state index contributed by atoms with van der Waals surface area (Å²) >= 11 is 0. The van der Waals surface area contributed by atoms with Crippen molar-refractivity contribution in [2.45, 2.75) is 65.4 Å². The van der Waals surface area contributed by atoms with E-state index in [1.165, 1.54) is 5.56 Å². The normalized spacial score (nSPS) is 21.3. The standard InChI is InChI=1S/C21H31NO/c1-19(2)12-7-13-20(3,4)21(19,23)14-11-18-9-5-8-17(16-18)10-6-15-22/h5,8-9,16,23H,6-7,10,12-13,15,22H2,1-4H3. The molecule has 3 N–H and O–H groups in total. The molecule has 2 rings (SSSR count). The molecule has 0 unspecified atom stereocenters. The van der Waals surface area contributed by atoms with Gasteiger partial charge in [-0.15, -0.1) is 0 Å². The average Bonchev–Trinajstić information content (AvgIpc) is 2.49. The summed E-state index contributed by atoms with van der Waals surface area (Å²) in [5.41, 5.74) is 6.47. The summed E-state index contributed by atoms with van der Waals surface area (Å²) in [6, 6.07) is 8.29. The van der Waals surface area contributed by atoms with Crippen molar-refractivity contribution in [1.29, 1.82) is 0 Å². The average molecular weight is 313 g/mol. The summed E-state index contributed by atoms with van der Waals surface area (Å²) < 4.78 is 0. The van der Waals surface area contributed by atoms with Gasteiger partial charge in [-0.05, 0) is 49.9 Å². The third kappa shape index (κ3) is 3.62. The molecular formula is C21H31NO. The topological polar surface area (TPSA) is 46.2 Å². The summed E-state index contributed by atoms with van der Waals surface area (Å²) in [7, 11) is 0. The first-order valence-electron chi connectivity index (χ1n) is 8.76. The Hall–Kier alpha value is -1.30. The van der Waals surface area contributed by atoms with E-state index >= 15 is 0 Å². The first kappa shape index (κ1) is 18.0. The zero-order valence-corrected chi connectivity index (χ0v) is 15.1. The Kier molecular flexibility index (Phi) is 5.23. The fraction of sp³-hybridized carbons (Fsp3) is 0.619. The number of aliphatic hydroxyl groups is 1. The molecule has 126 valence electrons. The molecule has 0 radical (unpaired) electrons. The Morgan fingerprint density at radius 3 is 2.39 bits per heavy atom. The predicted molar refractivity (Wildman–Crippen MR) is 97.1 cm³/mol. The molecule has 1 aliphatic rings. The van der Waals surface area contributed by atoms with Gasteiger partial charge in [-0.25, -0.2) is 0 Å². The van der Waals surface area contributed by atoms with Crippen molar-refractivity contribution in [2.24, 2.45) is 16.6 Å². The molecule has 0 aromatic heterocycles. The van der Waals surface area contributed by atoms with E-state index in [-0.39, 0.29) is 10.8 Å². The van der Waals surface area contributed by atoms with Gasteiger partial charge in [0.25, 0.3) is 0 Å². The smallest absolute Gasteiger partial charge is 0.135 e. The van der Waals surface area contributed by atoms with Gasteiger partial charge >= 0.3 is 0 Å². The highest BCUT2D eigenvalue weighted by molar-refractivity contribution is 5.40. The minimum Gasteiger partial charge on any atom is -0.376 e. The van der Waals surface area contributed by atoms with Crippen molar-refractivity contribution in [3.8, 4) is 11.8 Å². The number of aryl methyl sites for hydroxylation is 1. The van der Waals surface area contributed by atoms with E-state index in [1.54, 1.807) is 0 Å². The van der Waals surface area contributed by atoms with Crippen LogP contribution in [0.1, 0.15) is 64.5 Å². The second-order valence-electron chi connectivity index (χ2n) is 8.17. The Morgan fingerprint density at radius 1 is 1.13 bits per heavy atom. The zero-order valence-electron chi connectivity index (χ0n) is 15.1. The van der Waals surface area contributed by atoms with Crippen LogP contribution in [0, 0.1) is 22.7 Å². The monoisotopic (exact) mass is 313 g/mol. The highest BCUT2D eigenvalue weighted by atomic mass is 16.3.